The molecule has 19 heavy (non-hydrogen) atoms. The van der Waals surface area contributed by atoms with Crippen molar-refractivity contribution in [3.63, 3.8) is 0 Å². The number of hydrogen-bond acceptors (Lipinski definition) is 2. The third-order valence-corrected chi connectivity index (χ3v) is 3.07. The minimum absolute atomic E-state index is 0.141. The van der Waals surface area contributed by atoms with Crippen LogP contribution in [-0.2, 0) is 6.42 Å². The van der Waals surface area contributed by atoms with E-state index < -0.39 is 6.36 Å². The van der Waals surface area contributed by atoms with Crippen LogP contribution in [0.2, 0.25) is 0 Å². The summed E-state index contributed by atoms with van der Waals surface area (Å²) in [5.74, 6) is 0.0609. The number of nitrogens with two attached hydrogens (primary N) is 1. The lowest BCUT2D eigenvalue weighted by Crippen LogP contribution is -2.17. The molecule has 1 unspecified atom stereocenters. The monoisotopic (exact) mass is 275 g/mol. The van der Waals surface area contributed by atoms with E-state index in [1.807, 2.05) is 19.9 Å². The van der Waals surface area contributed by atoms with E-state index in [4.69, 9.17) is 5.73 Å². The molecule has 0 bridgehead atoms. The summed E-state index contributed by atoms with van der Waals surface area (Å²) in [7, 11) is 0. The zero-order valence-corrected chi connectivity index (χ0v) is 11.3. The summed E-state index contributed by atoms with van der Waals surface area (Å²) >= 11 is 0. The van der Waals surface area contributed by atoms with Gasteiger partial charge < -0.3 is 10.5 Å². The Morgan fingerprint density at radius 1 is 1.26 bits per heavy atom. The van der Waals surface area contributed by atoms with Crippen LogP contribution < -0.4 is 10.5 Å². The highest BCUT2D eigenvalue weighted by Crippen LogP contribution is 2.29. The van der Waals surface area contributed by atoms with E-state index in [1.54, 1.807) is 0 Å². The van der Waals surface area contributed by atoms with Gasteiger partial charge in [-0.1, -0.05) is 19.9 Å². The van der Waals surface area contributed by atoms with Gasteiger partial charge in [0.15, 0.2) is 0 Å². The van der Waals surface area contributed by atoms with Crippen LogP contribution >= 0.6 is 0 Å². The Hall–Kier alpha value is -1.23. The van der Waals surface area contributed by atoms with Gasteiger partial charge in [0.25, 0.3) is 0 Å². The highest BCUT2D eigenvalue weighted by atomic mass is 19.4. The van der Waals surface area contributed by atoms with E-state index >= 15 is 0 Å². The molecule has 1 atom stereocenters. The summed E-state index contributed by atoms with van der Waals surface area (Å²) in [6.45, 7) is 4.50. The third kappa shape index (κ3) is 5.51. The molecular formula is C14H20F3NO. The minimum atomic E-state index is -4.65. The average Bonchev–Trinajstić information content (AvgIpc) is 2.33. The number of alkyl halides is 3. The largest absolute Gasteiger partial charge is 0.573 e. The molecule has 0 aromatic heterocycles. The molecule has 0 saturated carbocycles. The number of aryl methyl sites for hydroxylation is 1. The van der Waals surface area contributed by atoms with E-state index in [9.17, 15) is 13.2 Å². The molecule has 0 spiro atoms. The molecule has 0 saturated heterocycles. The Balaban J connectivity index is 3.01. The van der Waals surface area contributed by atoms with Crippen molar-refractivity contribution in [1.82, 2.24) is 0 Å². The van der Waals surface area contributed by atoms with Gasteiger partial charge in [-0.2, -0.15) is 0 Å². The predicted molar refractivity (Wildman–Crippen MR) is 69.2 cm³/mol. The molecular weight excluding hydrogens is 255 g/mol. The molecule has 0 aliphatic carbocycles. The number of hydrogen-bond donors (Lipinski definition) is 1. The van der Waals surface area contributed by atoms with Gasteiger partial charge in [0, 0.05) is 0 Å². The second-order valence-electron chi connectivity index (χ2n) is 4.66. The summed E-state index contributed by atoms with van der Waals surface area (Å²) in [5, 5.41) is 0. The van der Waals surface area contributed by atoms with Crippen molar-refractivity contribution < 1.29 is 17.9 Å². The van der Waals surface area contributed by atoms with Crippen LogP contribution in [0, 0.1) is 0 Å². The number of rotatable bonds is 6. The zero-order valence-electron chi connectivity index (χ0n) is 11.3. The lowest BCUT2D eigenvalue weighted by molar-refractivity contribution is -0.274. The van der Waals surface area contributed by atoms with Crippen LogP contribution in [0.25, 0.3) is 0 Å². The number of ether oxygens (including phenoxy) is 1. The first kappa shape index (κ1) is 15.8. The number of benzene rings is 1. The lowest BCUT2D eigenvalue weighted by atomic mass is 9.95. The molecule has 1 aromatic carbocycles. The van der Waals surface area contributed by atoms with Gasteiger partial charge in [-0.25, -0.2) is 0 Å². The summed E-state index contributed by atoms with van der Waals surface area (Å²) in [5.41, 5.74) is 7.14. The molecule has 5 heteroatoms. The minimum Gasteiger partial charge on any atom is -0.406 e. The summed E-state index contributed by atoms with van der Waals surface area (Å²) < 4.78 is 40.9. The van der Waals surface area contributed by atoms with Gasteiger partial charge >= 0.3 is 6.36 Å². The first-order valence-corrected chi connectivity index (χ1v) is 6.45. The van der Waals surface area contributed by atoms with Crippen LogP contribution in [0.3, 0.4) is 0 Å². The predicted octanol–water partition coefficient (Wildman–Crippen LogP) is 3.99. The molecule has 0 heterocycles. The maximum atomic E-state index is 12.3. The second kappa shape index (κ2) is 6.80. The van der Waals surface area contributed by atoms with E-state index in [0.717, 1.165) is 24.0 Å². The van der Waals surface area contributed by atoms with Crippen molar-refractivity contribution >= 4 is 0 Å². The Morgan fingerprint density at radius 2 is 1.95 bits per heavy atom. The molecule has 0 radical (unpaired) electrons. The quantitative estimate of drug-likeness (QED) is 0.852. The Bertz CT molecular complexity index is 404. The van der Waals surface area contributed by atoms with Crippen molar-refractivity contribution in [3.8, 4) is 5.75 Å². The van der Waals surface area contributed by atoms with E-state index in [-0.39, 0.29) is 11.7 Å². The van der Waals surface area contributed by atoms with Crippen LogP contribution in [0.5, 0.6) is 5.75 Å². The molecule has 108 valence electrons. The van der Waals surface area contributed by atoms with Crippen molar-refractivity contribution in [1.29, 1.82) is 0 Å². The molecule has 1 rings (SSSR count). The van der Waals surface area contributed by atoms with Gasteiger partial charge in [0.2, 0.25) is 0 Å². The van der Waals surface area contributed by atoms with Crippen molar-refractivity contribution in [2.24, 2.45) is 5.73 Å². The molecule has 0 amide bonds. The second-order valence-corrected chi connectivity index (χ2v) is 4.66. The maximum absolute atomic E-state index is 12.3. The molecule has 0 fully saturated rings. The third-order valence-electron chi connectivity index (χ3n) is 3.07. The van der Waals surface area contributed by atoms with Crippen LogP contribution in [0.15, 0.2) is 18.2 Å². The van der Waals surface area contributed by atoms with Gasteiger partial charge in [0.1, 0.15) is 5.75 Å². The van der Waals surface area contributed by atoms with Gasteiger partial charge in [-0.3, -0.25) is 0 Å². The topological polar surface area (TPSA) is 35.2 Å². The summed E-state index contributed by atoms with van der Waals surface area (Å²) in [6, 6.07) is 4.84. The maximum Gasteiger partial charge on any atom is 0.573 e. The van der Waals surface area contributed by atoms with E-state index in [2.05, 4.69) is 4.74 Å². The standard InChI is InChI=1S/C14H20F3NO/c1-3-10(2)12-7-11(5-4-6-18)8-13(9-12)19-14(15,16)17/h7-10H,3-6,18H2,1-2H3. The Kier molecular flexibility index (Phi) is 5.66. The average molecular weight is 275 g/mol. The Morgan fingerprint density at radius 3 is 2.47 bits per heavy atom. The van der Waals surface area contributed by atoms with Gasteiger partial charge in [-0.05, 0) is 55.0 Å². The van der Waals surface area contributed by atoms with Crippen LogP contribution in [0.1, 0.15) is 43.7 Å². The smallest absolute Gasteiger partial charge is 0.406 e. The van der Waals surface area contributed by atoms with Gasteiger partial charge in [-0.15, -0.1) is 13.2 Å². The summed E-state index contributed by atoms with van der Waals surface area (Å²) in [6.07, 6.45) is -2.38. The van der Waals surface area contributed by atoms with E-state index in [0.29, 0.717) is 13.0 Å². The SMILES string of the molecule is CCC(C)c1cc(CCCN)cc(OC(F)(F)F)c1. The van der Waals surface area contributed by atoms with Crippen molar-refractivity contribution in [2.75, 3.05) is 6.54 Å². The first-order chi connectivity index (χ1) is 8.85. The van der Waals surface area contributed by atoms with E-state index in [1.165, 1.54) is 12.1 Å². The van der Waals surface area contributed by atoms with Crippen LogP contribution in [0.4, 0.5) is 13.2 Å². The molecule has 0 aliphatic rings. The van der Waals surface area contributed by atoms with Crippen molar-refractivity contribution in [2.45, 2.75) is 45.4 Å². The van der Waals surface area contributed by atoms with Crippen LogP contribution in [-0.4, -0.2) is 12.9 Å². The Labute approximate surface area is 111 Å². The summed E-state index contributed by atoms with van der Waals surface area (Å²) in [4.78, 5) is 0. The fraction of sp³-hybridized carbons (Fsp3) is 0.571. The fourth-order valence-corrected chi connectivity index (χ4v) is 1.85. The van der Waals surface area contributed by atoms with Crippen molar-refractivity contribution in [3.05, 3.63) is 29.3 Å². The molecule has 0 aliphatic heterocycles. The zero-order chi connectivity index (χ0) is 14.5. The highest BCUT2D eigenvalue weighted by molar-refractivity contribution is 5.36. The molecule has 2 N–H and O–H groups in total. The first-order valence-electron chi connectivity index (χ1n) is 6.45. The van der Waals surface area contributed by atoms with Gasteiger partial charge in [0.05, 0.1) is 0 Å². The molecule has 2 nitrogen and oxygen atoms in total. The number of halogens is 3. The highest BCUT2D eigenvalue weighted by Gasteiger charge is 2.31. The fourth-order valence-electron chi connectivity index (χ4n) is 1.85. The molecule has 1 aromatic rings. The lowest BCUT2D eigenvalue weighted by Gasteiger charge is -2.15. The normalized spacial score (nSPS) is 13.4.